The van der Waals surface area contributed by atoms with Crippen LogP contribution in [0.1, 0.15) is 74.4 Å². The molecule has 1 aromatic rings. The Hall–Kier alpha value is -2.31. The Kier molecular flexibility index (Phi) is 6.25. The molecule has 1 saturated carbocycles. The molecule has 0 spiro atoms. The number of hydrogen-bond acceptors (Lipinski definition) is 5. The number of carbonyl (C=O) groups is 2. The van der Waals surface area contributed by atoms with Crippen molar-refractivity contribution in [2.75, 3.05) is 20.2 Å². The molecule has 2 heterocycles. The first-order chi connectivity index (χ1) is 16.6. The lowest BCUT2D eigenvalue weighted by Gasteiger charge is -2.36. The molecule has 5 rings (SSSR count). The van der Waals surface area contributed by atoms with Gasteiger partial charge in [0.15, 0.2) is 17.3 Å². The second kappa shape index (κ2) is 8.97. The van der Waals surface area contributed by atoms with Crippen LogP contribution in [0.4, 0.5) is 0 Å². The van der Waals surface area contributed by atoms with Crippen molar-refractivity contribution in [3.63, 3.8) is 0 Å². The highest BCUT2D eigenvalue weighted by atomic mass is 35.5. The Morgan fingerprint density at radius 3 is 2.46 bits per heavy atom. The first-order valence-corrected chi connectivity index (χ1v) is 13.0. The van der Waals surface area contributed by atoms with Crippen LogP contribution in [0.2, 0.25) is 5.02 Å². The average molecular weight is 500 g/mol. The van der Waals surface area contributed by atoms with E-state index >= 15 is 0 Å². The Morgan fingerprint density at radius 2 is 1.80 bits per heavy atom. The summed E-state index contributed by atoms with van der Waals surface area (Å²) in [5.74, 6) is 0.518. The maximum atomic E-state index is 13.7. The second-order valence-electron chi connectivity index (χ2n) is 10.6. The van der Waals surface area contributed by atoms with Crippen LogP contribution in [0, 0.1) is 12.8 Å². The van der Waals surface area contributed by atoms with Gasteiger partial charge >= 0.3 is 0 Å². The number of allylic oxidation sites excluding steroid dienone is 3. The number of rotatable bonds is 4. The predicted molar refractivity (Wildman–Crippen MR) is 134 cm³/mol. The van der Waals surface area contributed by atoms with Crippen LogP contribution in [0.15, 0.2) is 22.8 Å². The number of ketones is 1. The second-order valence-corrected chi connectivity index (χ2v) is 11.0. The van der Waals surface area contributed by atoms with Gasteiger partial charge < -0.3 is 19.1 Å². The zero-order valence-electron chi connectivity index (χ0n) is 21.3. The quantitative estimate of drug-likeness (QED) is 0.541. The van der Waals surface area contributed by atoms with Crippen molar-refractivity contribution in [1.82, 2.24) is 4.90 Å². The topological polar surface area (TPSA) is 65.1 Å². The van der Waals surface area contributed by atoms with Crippen molar-refractivity contribution in [3.05, 3.63) is 44.5 Å². The van der Waals surface area contributed by atoms with E-state index in [9.17, 15) is 9.59 Å². The SMILES string of the molecule is COC1CCC(C2(C)Oc3c(C)c4c(c(Cl)c3O2)CCN(CC2=C(C)C=C(C)CC2=O)C4=O)CC1. The molecule has 1 atom stereocenters. The van der Waals surface area contributed by atoms with Crippen molar-refractivity contribution in [1.29, 1.82) is 0 Å². The van der Waals surface area contributed by atoms with Crippen molar-refractivity contribution in [2.45, 2.75) is 78.1 Å². The summed E-state index contributed by atoms with van der Waals surface area (Å²) in [6.07, 6.45) is 7.19. The van der Waals surface area contributed by atoms with Crippen LogP contribution in [0.5, 0.6) is 11.5 Å². The number of benzene rings is 1. The Balaban J connectivity index is 1.43. The third-order valence-corrected chi connectivity index (χ3v) is 8.64. The molecule has 1 unspecified atom stereocenters. The lowest BCUT2D eigenvalue weighted by molar-refractivity contribution is -0.128. The zero-order chi connectivity index (χ0) is 25.1. The number of amides is 1. The highest BCUT2D eigenvalue weighted by molar-refractivity contribution is 6.34. The van der Waals surface area contributed by atoms with Crippen LogP contribution in [-0.2, 0) is 16.0 Å². The summed E-state index contributed by atoms with van der Waals surface area (Å²) in [6.45, 7) is 8.63. The highest BCUT2D eigenvalue weighted by Gasteiger charge is 2.48. The monoisotopic (exact) mass is 499 g/mol. The van der Waals surface area contributed by atoms with E-state index < -0.39 is 5.79 Å². The Labute approximate surface area is 212 Å². The van der Waals surface area contributed by atoms with Crippen LogP contribution >= 0.6 is 11.6 Å². The van der Waals surface area contributed by atoms with Crippen molar-refractivity contribution < 1.29 is 23.8 Å². The molecule has 2 aliphatic carbocycles. The largest absolute Gasteiger partial charge is 0.448 e. The number of fused-ring (bicyclic) bond motifs is 2. The van der Waals surface area contributed by atoms with E-state index in [1.807, 2.05) is 33.8 Å². The maximum absolute atomic E-state index is 13.7. The minimum Gasteiger partial charge on any atom is -0.448 e. The lowest BCUT2D eigenvalue weighted by Crippen LogP contribution is -2.45. The number of ether oxygens (including phenoxy) is 3. The van der Waals surface area contributed by atoms with Gasteiger partial charge in [-0.05, 0) is 64.0 Å². The van der Waals surface area contributed by atoms with Crippen molar-refractivity contribution >= 4 is 23.3 Å². The van der Waals surface area contributed by atoms with Crippen LogP contribution in [0.3, 0.4) is 0 Å². The molecule has 1 amide bonds. The molecule has 0 radical (unpaired) electrons. The van der Waals surface area contributed by atoms with Gasteiger partial charge in [0.1, 0.15) is 0 Å². The molecular formula is C28H34ClNO5. The van der Waals surface area contributed by atoms with E-state index in [2.05, 4.69) is 0 Å². The number of hydrogen-bond donors (Lipinski definition) is 0. The minimum absolute atomic E-state index is 0.0977. The molecule has 2 aliphatic heterocycles. The normalized spacial score (nSPS) is 28.4. The molecule has 0 N–H and O–H groups in total. The molecule has 35 heavy (non-hydrogen) atoms. The smallest absolute Gasteiger partial charge is 0.254 e. The third kappa shape index (κ3) is 4.09. The van der Waals surface area contributed by atoms with Crippen LogP contribution < -0.4 is 9.47 Å². The number of nitrogens with zero attached hydrogens (tertiary/aromatic N) is 1. The van der Waals surface area contributed by atoms with Crippen LogP contribution in [-0.4, -0.2) is 48.7 Å². The number of methoxy groups -OCH3 is 1. The predicted octanol–water partition coefficient (Wildman–Crippen LogP) is 5.57. The third-order valence-electron chi connectivity index (χ3n) is 8.24. The molecule has 0 bridgehead atoms. The lowest BCUT2D eigenvalue weighted by atomic mass is 9.82. The van der Waals surface area contributed by atoms with Crippen molar-refractivity contribution in [3.8, 4) is 11.5 Å². The molecule has 188 valence electrons. The number of halogens is 1. The number of carbonyl (C=O) groups excluding carboxylic acids is 2. The van der Waals surface area contributed by atoms with E-state index in [1.165, 1.54) is 0 Å². The Bertz CT molecular complexity index is 1160. The van der Waals surface area contributed by atoms with Gasteiger partial charge in [-0.2, -0.15) is 0 Å². The van der Waals surface area contributed by atoms with Gasteiger partial charge in [0.25, 0.3) is 11.7 Å². The van der Waals surface area contributed by atoms with Gasteiger partial charge in [0, 0.05) is 50.6 Å². The van der Waals surface area contributed by atoms with Crippen LogP contribution in [0.25, 0.3) is 0 Å². The van der Waals surface area contributed by atoms with E-state index in [4.69, 9.17) is 25.8 Å². The highest BCUT2D eigenvalue weighted by Crippen LogP contribution is 2.53. The summed E-state index contributed by atoms with van der Waals surface area (Å²) in [6, 6.07) is 0. The molecule has 1 aromatic carbocycles. The minimum atomic E-state index is -0.817. The van der Waals surface area contributed by atoms with Gasteiger partial charge in [-0.15, -0.1) is 0 Å². The molecule has 0 saturated heterocycles. The molecule has 4 aliphatic rings. The molecule has 0 aromatic heterocycles. The fraction of sp³-hybridized carbons (Fsp3) is 0.571. The first kappa shape index (κ1) is 24.4. The van der Waals surface area contributed by atoms with Gasteiger partial charge in [-0.1, -0.05) is 23.3 Å². The molecular weight excluding hydrogens is 466 g/mol. The van der Waals surface area contributed by atoms with E-state index in [-0.39, 0.29) is 23.7 Å². The van der Waals surface area contributed by atoms with Gasteiger partial charge in [0.05, 0.1) is 16.7 Å². The summed E-state index contributed by atoms with van der Waals surface area (Å²) < 4.78 is 18.4. The number of Topliss-reactive ketones (excluding diaryl/α,β-unsaturated/α-hetero) is 1. The summed E-state index contributed by atoms with van der Waals surface area (Å²) in [4.78, 5) is 28.1. The van der Waals surface area contributed by atoms with Gasteiger partial charge in [-0.25, -0.2) is 0 Å². The van der Waals surface area contributed by atoms with Gasteiger partial charge in [0.2, 0.25) is 0 Å². The zero-order valence-corrected chi connectivity index (χ0v) is 22.0. The van der Waals surface area contributed by atoms with Crippen molar-refractivity contribution in [2.24, 2.45) is 5.92 Å². The standard InChI is InChI=1S/C28H34ClNO5/c1-15-12-16(2)21(22(31)13-15)14-30-11-10-20-23(27(30)32)17(3)25-26(24(20)29)35-28(4,34-25)18-6-8-19(33-5)9-7-18/h12,18-19H,6-11,13-14H2,1-5H3. The first-order valence-electron chi connectivity index (χ1n) is 12.6. The van der Waals surface area contributed by atoms with E-state index in [0.717, 1.165) is 53.5 Å². The molecule has 6 nitrogen and oxygen atoms in total. The van der Waals surface area contributed by atoms with Gasteiger partial charge in [-0.3, -0.25) is 9.59 Å². The summed E-state index contributed by atoms with van der Waals surface area (Å²) in [5, 5.41) is 0.477. The molecule has 7 heteroatoms. The summed E-state index contributed by atoms with van der Waals surface area (Å²) in [7, 11) is 1.76. The average Bonchev–Trinajstić information content (AvgIpc) is 3.20. The fourth-order valence-corrected chi connectivity index (χ4v) is 6.47. The fourth-order valence-electron chi connectivity index (χ4n) is 6.16. The molecule has 1 fully saturated rings. The summed E-state index contributed by atoms with van der Waals surface area (Å²) >= 11 is 6.86. The summed E-state index contributed by atoms with van der Waals surface area (Å²) in [5.41, 5.74) is 4.88. The van der Waals surface area contributed by atoms with E-state index in [1.54, 1.807) is 12.0 Å². The maximum Gasteiger partial charge on any atom is 0.254 e. The Morgan fingerprint density at radius 1 is 1.11 bits per heavy atom. The van der Waals surface area contributed by atoms with E-state index in [0.29, 0.717) is 48.0 Å².